The Labute approximate surface area is 114 Å². The van der Waals surface area contributed by atoms with Crippen molar-refractivity contribution < 1.29 is 9.18 Å². The average molecular weight is 267 g/mol. The first-order valence-electron chi connectivity index (χ1n) is 6.00. The van der Waals surface area contributed by atoms with E-state index >= 15 is 0 Å². The number of hydrogen-bond donors (Lipinski definition) is 1. The summed E-state index contributed by atoms with van der Waals surface area (Å²) in [6, 6.07) is 10.8. The van der Waals surface area contributed by atoms with Crippen molar-refractivity contribution in [2.75, 3.05) is 5.32 Å². The van der Waals surface area contributed by atoms with E-state index in [0.29, 0.717) is 16.8 Å². The van der Waals surface area contributed by atoms with Crippen LogP contribution < -0.4 is 5.32 Å². The summed E-state index contributed by atoms with van der Waals surface area (Å²) in [5.41, 5.74) is 2.21. The van der Waals surface area contributed by atoms with E-state index < -0.39 is 5.82 Å². The lowest BCUT2D eigenvalue weighted by molar-refractivity contribution is 0.102. The number of amides is 1. The summed E-state index contributed by atoms with van der Waals surface area (Å²) < 4.78 is 13.1. The van der Waals surface area contributed by atoms with E-state index in [1.54, 1.807) is 36.7 Å². The van der Waals surface area contributed by atoms with Crippen molar-refractivity contribution in [3.05, 3.63) is 66.2 Å². The van der Waals surface area contributed by atoms with Gasteiger partial charge in [-0.2, -0.15) is 0 Å². The molecule has 0 saturated carbocycles. The quantitative estimate of drug-likeness (QED) is 0.776. The summed E-state index contributed by atoms with van der Waals surface area (Å²) in [4.78, 5) is 20.4. The molecule has 3 rings (SSSR count). The number of rotatable bonds is 2. The molecular formula is C15H10FN3O. The monoisotopic (exact) mass is 267 g/mol. The van der Waals surface area contributed by atoms with Crippen LogP contribution in [0.3, 0.4) is 0 Å². The van der Waals surface area contributed by atoms with Crippen LogP contribution in [0, 0.1) is 5.82 Å². The predicted octanol–water partition coefficient (Wildman–Crippen LogP) is 3.02. The van der Waals surface area contributed by atoms with Crippen LogP contribution in [0.5, 0.6) is 0 Å². The van der Waals surface area contributed by atoms with Gasteiger partial charge in [-0.1, -0.05) is 6.07 Å². The highest BCUT2D eigenvalue weighted by molar-refractivity contribution is 6.05. The summed E-state index contributed by atoms with van der Waals surface area (Å²) in [6.45, 7) is 0. The molecule has 1 aromatic heterocycles. The second kappa shape index (κ2) is 5.05. The molecule has 0 aliphatic heterocycles. The third-order valence-electron chi connectivity index (χ3n) is 2.81. The maximum absolute atomic E-state index is 13.1. The first-order valence-corrected chi connectivity index (χ1v) is 6.00. The molecular weight excluding hydrogens is 257 g/mol. The molecule has 0 aliphatic carbocycles. The number of fused-ring (bicyclic) bond motifs is 1. The van der Waals surface area contributed by atoms with E-state index in [1.807, 2.05) is 0 Å². The van der Waals surface area contributed by atoms with Crippen molar-refractivity contribution in [3.63, 3.8) is 0 Å². The molecule has 5 heteroatoms. The molecule has 0 spiro atoms. The molecule has 4 nitrogen and oxygen atoms in total. The number of anilines is 1. The molecule has 0 bridgehead atoms. The van der Waals surface area contributed by atoms with Gasteiger partial charge in [0.2, 0.25) is 0 Å². The van der Waals surface area contributed by atoms with E-state index in [1.165, 1.54) is 18.2 Å². The van der Waals surface area contributed by atoms with Crippen LogP contribution in [0.4, 0.5) is 10.1 Å². The van der Waals surface area contributed by atoms with Crippen molar-refractivity contribution in [3.8, 4) is 0 Å². The van der Waals surface area contributed by atoms with Crippen molar-refractivity contribution >= 4 is 22.6 Å². The Bertz CT molecular complexity index is 789. The van der Waals surface area contributed by atoms with Gasteiger partial charge < -0.3 is 5.32 Å². The van der Waals surface area contributed by atoms with Crippen molar-refractivity contribution in [2.45, 2.75) is 0 Å². The minimum Gasteiger partial charge on any atom is -0.322 e. The molecule has 1 N–H and O–H groups in total. The summed E-state index contributed by atoms with van der Waals surface area (Å²) in [5, 5.41) is 2.64. The number of carbonyl (C=O) groups excluding carboxylic acids is 1. The van der Waals surface area contributed by atoms with Crippen molar-refractivity contribution in [1.29, 1.82) is 0 Å². The zero-order chi connectivity index (χ0) is 13.9. The Kier molecular flexibility index (Phi) is 3.09. The summed E-state index contributed by atoms with van der Waals surface area (Å²) >= 11 is 0. The molecule has 0 unspecified atom stereocenters. The first-order chi connectivity index (χ1) is 9.72. The van der Waals surface area contributed by atoms with Gasteiger partial charge in [0.25, 0.3) is 5.91 Å². The number of hydrogen-bond acceptors (Lipinski definition) is 3. The second-order valence-electron chi connectivity index (χ2n) is 4.22. The van der Waals surface area contributed by atoms with Gasteiger partial charge in [0.15, 0.2) is 0 Å². The lowest BCUT2D eigenvalue weighted by Crippen LogP contribution is -2.12. The van der Waals surface area contributed by atoms with Gasteiger partial charge in [-0.25, -0.2) is 4.39 Å². The van der Waals surface area contributed by atoms with Gasteiger partial charge in [0.1, 0.15) is 5.82 Å². The Morgan fingerprint density at radius 3 is 2.60 bits per heavy atom. The van der Waals surface area contributed by atoms with E-state index in [9.17, 15) is 9.18 Å². The first kappa shape index (κ1) is 12.2. The van der Waals surface area contributed by atoms with Crippen LogP contribution in [-0.2, 0) is 0 Å². The SMILES string of the molecule is O=C(Nc1cccc(F)c1)c1ccc2nccnc2c1. The van der Waals surface area contributed by atoms with E-state index in [2.05, 4.69) is 15.3 Å². The van der Waals surface area contributed by atoms with Crippen LogP contribution in [0.15, 0.2) is 54.9 Å². The van der Waals surface area contributed by atoms with E-state index in [4.69, 9.17) is 0 Å². The predicted molar refractivity (Wildman–Crippen MR) is 73.9 cm³/mol. The van der Waals surface area contributed by atoms with Gasteiger partial charge in [-0.05, 0) is 36.4 Å². The lowest BCUT2D eigenvalue weighted by atomic mass is 10.1. The molecule has 0 aliphatic rings. The maximum Gasteiger partial charge on any atom is 0.255 e. The highest BCUT2D eigenvalue weighted by Crippen LogP contribution is 2.14. The Morgan fingerprint density at radius 2 is 1.80 bits per heavy atom. The molecule has 0 atom stereocenters. The van der Waals surface area contributed by atoms with Gasteiger partial charge in [0, 0.05) is 23.6 Å². The smallest absolute Gasteiger partial charge is 0.255 e. The summed E-state index contributed by atoms with van der Waals surface area (Å²) in [5.74, 6) is -0.713. The van der Waals surface area contributed by atoms with Crippen molar-refractivity contribution in [1.82, 2.24) is 9.97 Å². The molecule has 20 heavy (non-hydrogen) atoms. The number of carbonyl (C=O) groups is 1. The summed E-state index contributed by atoms with van der Waals surface area (Å²) in [6.07, 6.45) is 3.16. The highest BCUT2D eigenvalue weighted by atomic mass is 19.1. The van der Waals surface area contributed by atoms with Crippen LogP contribution in [0.2, 0.25) is 0 Å². The molecule has 0 saturated heterocycles. The molecule has 2 aromatic carbocycles. The number of benzene rings is 2. The van der Waals surface area contributed by atoms with Crippen LogP contribution in [0.1, 0.15) is 10.4 Å². The topological polar surface area (TPSA) is 54.9 Å². The van der Waals surface area contributed by atoms with Gasteiger partial charge in [-0.3, -0.25) is 14.8 Å². The standard InChI is InChI=1S/C15H10FN3O/c16-11-2-1-3-12(9-11)19-15(20)10-4-5-13-14(8-10)18-7-6-17-13/h1-9H,(H,19,20). The fourth-order valence-electron chi connectivity index (χ4n) is 1.87. The molecule has 1 heterocycles. The molecule has 0 fully saturated rings. The highest BCUT2D eigenvalue weighted by Gasteiger charge is 2.08. The second-order valence-corrected chi connectivity index (χ2v) is 4.22. The molecule has 98 valence electrons. The van der Waals surface area contributed by atoms with Gasteiger partial charge >= 0.3 is 0 Å². The van der Waals surface area contributed by atoms with Crippen LogP contribution >= 0.6 is 0 Å². The average Bonchev–Trinajstić information content (AvgIpc) is 2.47. The zero-order valence-corrected chi connectivity index (χ0v) is 10.4. The van der Waals surface area contributed by atoms with Gasteiger partial charge in [0.05, 0.1) is 11.0 Å². The molecule has 1 amide bonds. The minimum absolute atomic E-state index is 0.317. The normalized spacial score (nSPS) is 10.4. The largest absolute Gasteiger partial charge is 0.322 e. The van der Waals surface area contributed by atoms with Gasteiger partial charge in [-0.15, -0.1) is 0 Å². The lowest BCUT2D eigenvalue weighted by Gasteiger charge is -2.05. The number of nitrogens with zero attached hydrogens (tertiary/aromatic N) is 2. The summed E-state index contributed by atoms with van der Waals surface area (Å²) in [7, 11) is 0. The third-order valence-corrected chi connectivity index (χ3v) is 2.81. The van der Waals surface area contributed by atoms with Crippen LogP contribution in [-0.4, -0.2) is 15.9 Å². The van der Waals surface area contributed by atoms with Crippen molar-refractivity contribution in [2.24, 2.45) is 0 Å². The van der Waals surface area contributed by atoms with E-state index in [-0.39, 0.29) is 5.91 Å². The number of halogens is 1. The fourth-order valence-corrected chi connectivity index (χ4v) is 1.87. The Balaban J connectivity index is 1.88. The number of nitrogens with one attached hydrogen (secondary N) is 1. The number of aromatic nitrogens is 2. The third kappa shape index (κ3) is 2.47. The Hall–Kier alpha value is -2.82. The van der Waals surface area contributed by atoms with E-state index in [0.717, 1.165) is 5.52 Å². The maximum atomic E-state index is 13.1. The van der Waals surface area contributed by atoms with Crippen LogP contribution in [0.25, 0.3) is 11.0 Å². The molecule has 3 aromatic rings. The minimum atomic E-state index is -0.396. The fraction of sp³-hybridized carbons (Fsp3) is 0. The zero-order valence-electron chi connectivity index (χ0n) is 10.4. The molecule has 0 radical (unpaired) electrons. The Morgan fingerprint density at radius 1 is 1.00 bits per heavy atom.